The van der Waals surface area contributed by atoms with Gasteiger partial charge < -0.3 is 15.4 Å². The Morgan fingerprint density at radius 2 is 2.00 bits per heavy atom. The third-order valence-corrected chi connectivity index (χ3v) is 1.94. The lowest BCUT2D eigenvalue weighted by Crippen LogP contribution is -2.17. The summed E-state index contributed by atoms with van der Waals surface area (Å²) in [5.41, 5.74) is 0.783. The van der Waals surface area contributed by atoms with E-state index < -0.39 is 12.2 Å². The smallest absolute Gasteiger partial charge is 0.170 e. The highest BCUT2D eigenvalue weighted by atomic mass is 16.4. The normalized spacial score (nSPS) is 14.7. The average molecular weight is 206 g/mol. The topological polar surface area (TPSA) is 96.8 Å². The number of hydrogen-bond donors (Lipinski definition) is 3. The van der Waals surface area contributed by atoms with E-state index in [4.69, 9.17) is 15.6 Å². The van der Waals surface area contributed by atoms with Gasteiger partial charge in [-0.2, -0.15) is 5.26 Å². The van der Waals surface area contributed by atoms with Crippen LogP contribution in [0.15, 0.2) is 29.4 Å². The predicted molar refractivity (Wildman–Crippen MR) is 52.4 cm³/mol. The van der Waals surface area contributed by atoms with Gasteiger partial charge in [0.05, 0.1) is 12.3 Å². The van der Waals surface area contributed by atoms with Crippen molar-refractivity contribution in [1.29, 1.82) is 5.26 Å². The van der Waals surface area contributed by atoms with Crippen LogP contribution in [-0.4, -0.2) is 27.7 Å². The molecule has 0 aliphatic carbocycles. The molecule has 78 valence electrons. The number of aliphatic hydroxyl groups is 2. The zero-order valence-electron chi connectivity index (χ0n) is 7.78. The number of hydrogen-bond acceptors (Lipinski definition) is 5. The molecule has 1 aromatic rings. The second-order valence-corrected chi connectivity index (χ2v) is 2.89. The summed E-state index contributed by atoms with van der Waals surface area (Å²) in [5, 5.41) is 38.4. The van der Waals surface area contributed by atoms with Crippen LogP contribution in [0.2, 0.25) is 0 Å². The summed E-state index contributed by atoms with van der Waals surface area (Å²) >= 11 is 0. The van der Waals surface area contributed by atoms with Crippen molar-refractivity contribution < 1.29 is 15.4 Å². The van der Waals surface area contributed by atoms with Gasteiger partial charge >= 0.3 is 0 Å². The van der Waals surface area contributed by atoms with Crippen molar-refractivity contribution >= 4 is 6.21 Å². The Balaban J connectivity index is 3.08. The quantitative estimate of drug-likeness (QED) is 0.289. The van der Waals surface area contributed by atoms with Gasteiger partial charge in [-0.05, 0) is 5.56 Å². The highest BCUT2D eigenvalue weighted by Crippen LogP contribution is 2.19. The Bertz CT molecular complexity index is 398. The summed E-state index contributed by atoms with van der Waals surface area (Å²) in [6, 6.07) is 8.01. The number of nitriles is 1. The molecular weight excluding hydrogens is 196 g/mol. The molecule has 0 bridgehead atoms. The second-order valence-electron chi connectivity index (χ2n) is 2.89. The summed E-state index contributed by atoms with van der Waals surface area (Å²) in [6.07, 6.45) is -1.69. The van der Waals surface area contributed by atoms with Crippen LogP contribution in [0.1, 0.15) is 17.2 Å². The first-order valence-corrected chi connectivity index (χ1v) is 4.22. The Kier molecular flexibility index (Phi) is 3.80. The molecule has 0 fully saturated rings. The molecule has 1 aromatic carbocycles. The van der Waals surface area contributed by atoms with Crippen molar-refractivity contribution in [2.24, 2.45) is 5.16 Å². The summed E-state index contributed by atoms with van der Waals surface area (Å²) in [6.45, 7) is 0. The average Bonchev–Trinajstić information content (AvgIpc) is 2.28. The van der Waals surface area contributed by atoms with E-state index in [-0.39, 0.29) is 0 Å². The molecule has 3 N–H and O–H groups in total. The van der Waals surface area contributed by atoms with Crippen molar-refractivity contribution in [2.75, 3.05) is 0 Å². The molecule has 0 aliphatic rings. The second kappa shape index (κ2) is 5.10. The highest BCUT2D eigenvalue weighted by Gasteiger charge is 2.19. The fourth-order valence-electron chi connectivity index (χ4n) is 1.20. The van der Waals surface area contributed by atoms with Crippen molar-refractivity contribution in [2.45, 2.75) is 12.2 Å². The third kappa shape index (κ3) is 2.53. The standard InChI is InChI=1S/C10H10N2O3/c11-5-9(13)10(14)8-4-2-1-3-7(8)6-12-15/h1-4,6,9-10,13-15H. The van der Waals surface area contributed by atoms with Crippen LogP contribution >= 0.6 is 0 Å². The van der Waals surface area contributed by atoms with Crippen LogP contribution in [-0.2, 0) is 0 Å². The van der Waals surface area contributed by atoms with Gasteiger partial charge in [0, 0.05) is 5.56 Å². The van der Waals surface area contributed by atoms with Gasteiger partial charge in [-0.25, -0.2) is 0 Å². The van der Waals surface area contributed by atoms with Gasteiger partial charge in [-0.3, -0.25) is 0 Å². The molecular formula is C10H10N2O3. The van der Waals surface area contributed by atoms with E-state index in [2.05, 4.69) is 5.16 Å². The van der Waals surface area contributed by atoms with E-state index in [9.17, 15) is 5.11 Å². The van der Waals surface area contributed by atoms with Crippen LogP contribution in [0.5, 0.6) is 0 Å². The Hall–Kier alpha value is -1.90. The number of nitrogens with zero attached hydrogens (tertiary/aromatic N) is 2. The third-order valence-electron chi connectivity index (χ3n) is 1.94. The molecule has 5 nitrogen and oxygen atoms in total. The van der Waals surface area contributed by atoms with Gasteiger partial charge in [0.15, 0.2) is 6.10 Å². The lowest BCUT2D eigenvalue weighted by molar-refractivity contribution is 0.0527. The molecule has 0 amide bonds. The summed E-state index contributed by atoms with van der Waals surface area (Å²) in [5.74, 6) is 0. The zero-order chi connectivity index (χ0) is 11.3. The van der Waals surface area contributed by atoms with Gasteiger partial charge in [0.25, 0.3) is 0 Å². The summed E-state index contributed by atoms with van der Waals surface area (Å²) in [4.78, 5) is 0. The maximum Gasteiger partial charge on any atom is 0.170 e. The molecule has 0 spiro atoms. The molecule has 1 rings (SSSR count). The molecule has 0 saturated heterocycles. The minimum atomic E-state index is -1.50. The largest absolute Gasteiger partial charge is 0.411 e. The molecule has 0 radical (unpaired) electrons. The van der Waals surface area contributed by atoms with Crippen molar-refractivity contribution in [1.82, 2.24) is 0 Å². The van der Waals surface area contributed by atoms with Gasteiger partial charge in [0.1, 0.15) is 6.10 Å². The maximum absolute atomic E-state index is 9.58. The lowest BCUT2D eigenvalue weighted by Gasteiger charge is -2.13. The fraction of sp³-hybridized carbons (Fsp3) is 0.200. The van der Waals surface area contributed by atoms with Crippen LogP contribution in [0, 0.1) is 11.3 Å². The molecule has 2 atom stereocenters. The maximum atomic E-state index is 9.58. The number of aliphatic hydroxyl groups excluding tert-OH is 2. The predicted octanol–water partition coefficient (Wildman–Crippen LogP) is 0.413. The van der Waals surface area contributed by atoms with Crippen LogP contribution in [0.25, 0.3) is 0 Å². The Morgan fingerprint density at radius 1 is 1.33 bits per heavy atom. The minimum Gasteiger partial charge on any atom is -0.411 e. The first-order chi connectivity index (χ1) is 7.20. The lowest BCUT2D eigenvalue weighted by atomic mass is 10.00. The first kappa shape index (κ1) is 11.2. The van der Waals surface area contributed by atoms with Crippen molar-refractivity contribution in [3.63, 3.8) is 0 Å². The van der Waals surface area contributed by atoms with Crippen molar-refractivity contribution in [3.8, 4) is 6.07 Å². The van der Waals surface area contributed by atoms with E-state index in [1.807, 2.05) is 0 Å². The summed E-state index contributed by atoms with van der Waals surface area (Å²) in [7, 11) is 0. The SMILES string of the molecule is N#CC(O)C(O)c1ccccc1C=NO. The molecule has 0 heterocycles. The van der Waals surface area contributed by atoms with Gasteiger partial charge in [-0.15, -0.1) is 0 Å². The van der Waals surface area contributed by atoms with Crippen LogP contribution in [0.3, 0.4) is 0 Å². The molecule has 15 heavy (non-hydrogen) atoms. The van der Waals surface area contributed by atoms with Crippen LogP contribution in [0.4, 0.5) is 0 Å². The highest BCUT2D eigenvalue weighted by molar-refractivity contribution is 5.81. The number of benzene rings is 1. The van der Waals surface area contributed by atoms with E-state index in [1.54, 1.807) is 24.3 Å². The van der Waals surface area contributed by atoms with E-state index >= 15 is 0 Å². The molecule has 2 unspecified atom stereocenters. The molecule has 5 heteroatoms. The molecule has 0 saturated carbocycles. The minimum absolute atomic E-state index is 0.337. The van der Waals surface area contributed by atoms with E-state index in [1.165, 1.54) is 6.07 Å². The first-order valence-electron chi connectivity index (χ1n) is 4.22. The zero-order valence-corrected chi connectivity index (χ0v) is 7.78. The van der Waals surface area contributed by atoms with Crippen molar-refractivity contribution in [3.05, 3.63) is 35.4 Å². The Morgan fingerprint density at radius 3 is 2.60 bits per heavy atom. The molecule has 0 aromatic heterocycles. The number of oxime groups is 1. The summed E-state index contributed by atoms with van der Waals surface area (Å²) < 4.78 is 0. The van der Waals surface area contributed by atoms with E-state index in [0.29, 0.717) is 11.1 Å². The van der Waals surface area contributed by atoms with E-state index in [0.717, 1.165) is 6.21 Å². The fourth-order valence-corrected chi connectivity index (χ4v) is 1.20. The van der Waals surface area contributed by atoms with Gasteiger partial charge in [-0.1, -0.05) is 29.4 Å². The Labute approximate surface area is 86.5 Å². The monoisotopic (exact) mass is 206 g/mol. The van der Waals surface area contributed by atoms with Gasteiger partial charge in [0.2, 0.25) is 0 Å². The van der Waals surface area contributed by atoms with Crippen LogP contribution < -0.4 is 0 Å². The molecule has 0 aliphatic heterocycles. The number of rotatable bonds is 3.